The average molecular weight is 463 g/mol. The molecule has 4 rings (SSSR count). The quantitative estimate of drug-likeness (QED) is 0.515. The Morgan fingerprint density at radius 1 is 1.06 bits per heavy atom. The highest BCUT2D eigenvalue weighted by molar-refractivity contribution is 6.09. The molecule has 0 saturated heterocycles. The molecule has 0 spiro atoms. The molecule has 2 amide bonds. The van der Waals surface area contributed by atoms with Crippen molar-refractivity contribution in [3.63, 3.8) is 0 Å². The monoisotopic (exact) mass is 463 g/mol. The summed E-state index contributed by atoms with van der Waals surface area (Å²) in [6.07, 6.45) is 0. The fourth-order valence-electron chi connectivity index (χ4n) is 4.08. The van der Waals surface area contributed by atoms with Crippen molar-refractivity contribution >= 4 is 23.2 Å². The molecule has 0 bridgehead atoms. The summed E-state index contributed by atoms with van der Waals surface area (Å²) in [6.45, 7) is 10.6. The molecule has 0 radical (unpaired) electrons. The van der Waals surface area contributed by atoms with E-state index in [0.717, 1.165) is 5.56 Å². The third-order valence-electron chi connectivity index (χ3n) is 5.98. The van der Waals surface area contributed by atoms with Gasteiger partial charge in [-0.05, 0) is 37.1 Å². The molecule has 0 saturated carbocycles. The van der Waals surface area contributed by atoms with Crippen molar-refractivity contribution in [2.45, 2.75) is 32.4 Å². The van der Waals surface area contributed by atoms with Gasteiger partial charge in [-0.15, -0.1) is 0 Å². The smallest absolute Gasteiger partial charge is 0.251 e. The molecule has 172 valence electrons. The number of halogens is 3. The van der Waals surface area contributed by atoms with E-state index in [2.05, 4.69) is 10.2 Å². The standard InChI is InChI=1S/C26H20F3N3O2/c1-26(2)19-9-8-15(24(33)31-13-18-20(28)11-17(27)12-21(18)29)10-23(19)32(25(26)34)14-16-6-4-5-7-22(16)30-3/h4-12H,13-14H2,1-2H3,(H,31,33). The highest BCUT2D eigenvalue weighted by atomic mass is 19.1. The predicted octanol–water partition coefficient (Wildman–Crippen LogP) is 5.41. The van der Waals surface area contributed by atoms with E-state index in [1.165, 1.54) is 11.0 Å². The van der Waals surface area contributed by atoms with Gasteiger partial charge in [-0.2, -0.15) is 0 Å². The summed E-state index contributed by atoms with van der Waals surface area (Å²) in [7, 11) is 0. The van der Waals surface area contributed by atoms with Gasteiger partial charge in [0, 0.05) is 42.0 Å². The SMILES string of the molecule is [C-]#[N+]c1ccccc1CN1C(=O)C(C)(C)c2ccc(C(=O)NCc3c(F)cc(F)cc3F)cc21. The van der Waals surface area contributed by atoms with Gasteiger partial charge in [-0.25, -0.2) is 18.0 Å². The maximum atomic E-state index is 13.9. The van der Waals surface area contributed by atoms with E-state index in [4.69, 9.17) is 6.57 Å². The highest BCUT2D eigenvalue weighted by Gasteiger charge is 2.44. The Kier molecular flexibility index (Phi) is 5.88. The molecule has 5 nitrogen and oxygen atoms in total. The van der Waals surface area contributed by atoms with Crippen LogP contribution in [0.3, 0.4) is 0 Å². The van der Waals surface area contributed by atoms with Crippen LogP contribution in [0.2, 0.25) is 0 Å². The molecule has 3 aromatic rings. The zero-order chi connectivity index (χ0) is 24.6. The van der Waals surface area contributed by atoms with Gasteiger partial charge < -0.3 is 10.2 Å². The largest absolute Gasteiger partial charge is 0.348 e. The zero-order valence-electron chi connectivity index (χ0n) is 18.5. The van der Waals surface area contributed by atoms with Gasteiger partial charge in [0.25, 0.3) is 5.91 Å². The summed E-state index contributed by atoms with van der Waals surface area (Å²) in [5.74, 6) is -4.01. The van der Waals surface area contributed by atoms with Gasteiger partial charge in [0.15, 0.2) is 5.69 Å². The molecule has 8 heteroatoms. The zero-order valence-corrected chi connectivity index (χ0v) is 18.5. The van der Waals surface area contributed by atoms with E-state index in [0.29, 0.717) is 29.1 Å². The number of carbonyl (C=O) groups excluding carboxylic acids is 2. The summed E-state index contributed by atoms with van der Waals surface area (Å²) < 4.78 is 40.9. The third kappa shape index (κ3) is 4.01. The number of carbonyl (C=O) groups is 2. The Hall–Kier alpha value is -4.12. The number of nitrogens with one attached hydrogen (secondary N) is 1. The van der Waals surface area contributed by atoms with E-state index in [9.17, 15) is 22.8 Å². The number of anilines is 1. The van der Waals surface area contributed by atoms with Crippen LogP contribution in [0.5, 0.6) is 0 Å². The molecular formula is C26H20F3N3O2. The second-order valence-corrected chi connectivity index (χ2v) is 8.52. The topological polar surface area (TPSA) is 53.8 Å². The number of fused-ring (bicyclic) bond motifs is 1. The second kappa shape index (κ2) is 8.67. The first-order valence-corrected chi connectivity index (χ1v) is 10.5. The normalized spacial score (nSPS) is 14.0. The lowest BCUT2D eigenvalue weighted by atomic mass is 9.86. The van der Waals surface area contributed by atoms with E-state index >= 15 is 0 Å². The Balaban J connectivity index is 1.63. The minimum atomic E-state index is -1.09. The van der Waals surface area contributed by atoms with Gasteiger partial charge in [0.1, 0.15) is 17.5 Å². The average Bonchev–Trinajstić information content (AvgIpc) is 2.98. The minimum Gasteiger partial charge on any atom is -0.348 e. The van der Waals surface area contributed by atoms with Gasteiger partial charge in [0.05, 0.1) is 12.0 Å². The van der Waals surface area contributed by atoms with Crippen LogP contribution in [0.25, 0.3) is 4.85 Å². The van der Waals surface area contributed by atoms with Gasteiger partial charge in [0.2, 0.25) is 5.91 Å². The number of nitrogens with zero attached hydrogens (tertiary/aromatic N) is 2. The summed E-state index contributed by atoms with van der Waals surface area (Å²) in [4.78, 5) is 31.0. The molecule has 1 aliphatic heterocycles. The Morgan fingerprint density at radius 3 is 2.41 bits per heavy atom. The third-order valence-corrected chi connectivity index (χ3v) is 5.98. The van der Waals surface area contributed by atoms with E-state index in [1.807, 2.05) is 0 Å². The van der Waals surface area contributed by atoms with Crippen LogP contribution in [-0.2, 0) is 23.3 Å². The van der Waals surface area contributed by atoms with Crippen LogP contribution in [0.1, 0.15) is 40.9 Å². The summed E-state index contributed by atoms with van der Waals surface area (Å²) in [5, 5.41) is 2.44. The molecule has 0 aliphatic carbocycles. The van der Waals surface area contributed by atoms with E-state index in [1.54, 1.807) is 50.2 Å². The number of amides is 2. The van der Waals surface area contributed by atoms with Crippen LogP contribution < -0.4 is 10.2 Å². The number of rotatable bonds is 5. The van der Waals surface area contributed by atoms with Crippen LogP contribution in [-0.4, -0.2) is 11.8 Å². The molecule has 1 N–H and O–H groups in total. The molecule has 3 aromatic carbocycles. The minimum absolute atomic E-state index is 0.158. The van der Waals surface area contributed by atoms with E-state index < -0.39 is 40.9 Å². The van der Waals surface area contributed by atoms with Crippen molar-refractivity contribution < 1.29 is 22.8 Å². The lowest BCUT2D eigenvalue weighted by molar-refractivity contribution is -0.122. The molecule has 1 heterocycles. The summed E-state index contributed by atoms with van der Waals surface area (Å²) in [5.41, 5.74) is 1.26. The molecule has 0 atom stereocenters. The van der Waals surface area contributed by atoms with Crippen molar-refractivity contribution in [2.75, 3.05) is 4.90 Å². The van der Waals surface area contributed by atoms with E-state index in [-0.39, 0.29) is 18.0 Å². The highest BCUT2D eigenvalue weighted by Crippen LogP contribution is 2.43. The number of benzene rings is 3. The number of hydrogen-bond donors (Lipinski definition) is 1. The van der Waals surface area contributed by atoms with Crippen molar-refractivity contribution in [3.05, 3.63) is 106 Å². The van der Waals surface area contributed by atoms with Crippen LogP contribution in [0.15, 0.2) is 54.6 Å². The van der Waals surface area contributed by atoms with Crippen LogP contribution in [0.4, 0.5) is 24.5 Å². The van der Waals surface area contributed by atoms with Crippen molar-refractivity contribution in [2.24, 2.45) is 0 Å². The fraction of sp³-hybridized carbons (Fsp3) is 0.192. The fourth-order valence-corrected chi connectivity index (χ4v) is 4.08. The van der Waals surface area contributed by atoms with Gasteiger partial charge in [-0.1, -0.05) is 30.3 Å². The predicted molar refractivity (Wildman–Crippen MR) is 121 cm³/mol. The number of hydrogen-bond acceptors (Lipinski definition) is 2. The first kappa shape index (κ1) is 23.1. The van der Waals surface area contributed by atoms with Gasteiger partial charge in [-0.3, -0.25) is 9.59 Å². The molecule has 1 aliphatic rings. The van der Waals surface area contributed by atoms with Crippen LogP contribution in [0, 0.1) is 24.0 Å². The van der Waals surface area contributed by atoms with Crippen molar-refractivity contribution in [1.29, 1.82) is 0 Å². The Morgan fingerprint density at radius 2 is 1.74 bits per heavy atom. The molecule has 34 heavy (non-hydrogen) atoms. The van der Waals surface area contributed by atoms with Crippen molar-refractivity contribution in [3.8, 4) is 0 Å². The lowest BCUT2D eigenvalue weighted by Crippen LogP contribution is -2.35. The van der Waals surface area contributed by atoms with Crippen molar-refractivity contribution in [1.82, 2.24) is 5.32 Å². The number of para-hydroxylation sites is 1. The summed E-state index contributed by atoms with van der Waals surface area (Å²) >= 11 is 0. The lowest BCUT2D eigenvalue weighted by Gasteiger charge is -2.21. The maximum Gasteiger partial charge on any atom is 0.251 e. The second-order valence-electron chi connectivity index (χ2n) is 8.52. The first-order valence-electron chi connectivity index (χ1n) is 10.5. The molecular weight excluding hydrogens is 443 g/mol. The van der Waals surface area contributed by atoms with Crippen LogP contribution >= 0.6 is 0 Å². The first-order chi connectivity index (χ1) is 16.1. The summed E-state index contributed by atoms with van der Waals surface area (Å²) in [6, 6.07) is 12.8. The Labute approximate surface area is 194 Å². The molecule has 0 aromatic heterocycles. The Bertz CT molecular complexity index is 1340. The maximum absolute atomic E-state index is 13.9. The molecule has 0 fully saturated rings. The molecule has 0 unspecified atom stereocenters. The van der Waals surface area contributed by atoms with Gasteiger partial charge >= 0.3 is 0 Å².